The zero-order chi connectivity index (χ0) is 22.6. The number of amides is 1. The molecule has 0 aliphatic rings. The molecule has 0 radical (unpaired) electrons. The lowest BCUT2D eigenvalue weighted by Crippen LogP contribution is -2.24. The van der Waals surface area contributed by atoms with Crippen molar-refractivity contribution in [3.05, 3.63) is 71.8 Å². The van der Waals surface area contributed by atoms with E-state index in [9.17, 15) is 22.8 Å². The zero-order valence-electron chi connectivity index (χ0n) is 16.7. The molecule has 3 aromatic rings. The highest BCUT2D eigenvalue weighted by atomic mass is 32.2. The summed E-state index contributed by atoms with van der Waals surface area (Å²) in [5.74, 6) is -3.17. The van der Waals surface area contributed by atoms with E-state index in [-0.39, 0.29) is 21.7 Å². The summed E-state index contributed by atoms with van der Waals surface area (Å²) in [6, 6.07) is 15.7. The molecule has 1 N–H and O–H groups in total. The van der Waals surface area contributed by atoms with Gasteiger partial charge in [0.25, 0.3) is 0 Å². The van der Waals surface area contributed by atoms with Crippen molar-refractivity contribution in [2.45, 2.75) is 4.90 Å². The van der Waals surface area contributed by atoms with E-state index in [1.54, 1.807) is 18.2 Å². The van der Waals surface area contributed by atoms with E-state index in [1.807, 2.05) is 12.1 Å². The number of methoxy groups -OCH3 is 2. The van der Waals surface area contributed by atoms with Gasteiger partial charge in [0, 0.05) is 0 Å². The second-order valence-corrected chi connectivity index (χ2v) is 8.55. The van der Waals surface area contributed by atoms with Crippen molar-refractivity contribution in [3.63, 3.8) is 0 Å². The Kier molecular flexibility index (Phi) is 6.36. The summed E-state index contributed by atoms with van der Waals surface area (Å²) in [4.78, 5) is 36.3. The van der Waals surface area contributed by atoms with Gasteiger partial charge in [-0.05, 0) is 41.1 Å². The maximum Gasteiger partial charge on any atom is 0.339 e. The Labute approximate surface area is 178 Å². The molecule has 160 valence electrons. The first-order valence-corrected chi connectivity index (χ1v) is 10.7. The lowest BCUT2D eigenvalue weighted by Gasteiger charge is -2.12. The van der Waals surface area contributed by atoms with Crippen LogP contribution in [0.15, 0.2) is 65.6 Å². The van der Waals surface area contributed by atoms with E-state index in [4.69, 9.17) is 0 Å². The van der Waals surface area contributed by atoms with E-state index in [0.717, 1.165) is 17.9 Å². The smallest absolute Gasteiger partial charge is 0.339 e. The average Bonchev–Trinajstić information content (AvgIpc) is 2.77. The average molecular weight is 441 g/mol. The number of carbonyl (C=O) groups excluding carboxylic acids is 3. The number of nitrogens with one attached hydrogen (secondary N) is 1. The van der Waals surface area contributed by atoms with Gasteiger partial charge in [0.1, 0.15) is 5.75 Å². The number of rotatable bonds is 6. The SMILES string of the molecule is COC(=O)c1ccc(C(=O)OC)c(NC(=O)CS(=O)(=O)c2ccc3ccccc3c2)c1. The molecule has 0 saturated heterocycles. The molecule has 0 bridgehead atoms. The third-order valence-corrected chi connectivity index (χ3v) is 6.14. The van der Waals surface area contributed by atoms with Crippen LogP contribution in [0, 0.1) is 0 Å². The van der Waals surface area contributed by atoms with Crippen LogP contribution in [0.25, 0.3) is 10.8 Å². The minimum Gasteiger partial charge on any atom is -0.465 e. The Balaban J connectivity index is 1.87. The molecule has 0 fully saturated rings. The van der Waals surface area contributed by atoms with Gasteiger partial charge in [-0.3, -0.25) is 4.79 Å². The van der Waals surface area contributed by atoms with Crippen molar-refractivity contribution in [1.29, 1.82) is 0 Å². The fourth-order valence-corrected chi connectivity index (χ4v) is 4.15. The van der Waals surface area contributed by atoms with Crippen molar-refractivity contribution in [1.82, 2.24) is 0 Å². The first-order chi connectivity index (χ1) is 14.7. The quantitative estimate of drug-likeness (QED) is 0.585. The van der Waals surface area contributed by atoms with Crippen LogP contribution in [0.3, 0.4) is 0 Å². The number of ether oxygens (including phenoxy) is 2. The molecule has 0 aliphatic heterocycles. The van der Waals surface area contributed by atoms with Crippen molar-refractivity contribution < 1.29 is 32.3 Å². The fraction of sp³-hybridized carbons (Fsp3) is 0.136. The number of fused-ring (bicyclic) bond motifs is 1. The minimum atomic E-state index is -3.96. The van der Waals surface area contributed by atoms with Crippen molar-refractivity contribution in [2.75, 3.05) is 25.3 Å². The topological polar surface area (TPSA) is 116 Å². The van der Waals surface area contributed by atoms with Crippen LogP contribution in [0.4, 0.5) is 5.69 Å². The Morgan fingerprint density at radius 1 is 0.839 bits per heavy atom. The van der Waals surface area contributed by atoms with Gasteiger partial charge in [-0.2, -0.15) is 0 Å². The number of anilines is 1. The van der Waals surface area contributed by atoms with E-state index in [1.165, 1.54) is 37.4 Å². The Morgan fingerprint density at radius 2 is 1.52 bits per heavy atom. The monoisotopic (exact) mass is 441 g/mol. The van der Waals surface area contributed by atoms with E-state index >= 15 is 0 Å². The standard InChI is InChI=1S/C22H19NO7S/c1-29-21(25)16-8-10-18(22(26)30-2)19(12-16)23-20(24)13-31(27,28)17-9-7-14-5-3-4-6-15(14)11-17/h3-12H,13H2,1-2H3,(H,23,24). The molecule has 9 heteroatoms. The Bertz CT molecular complexity index is 1280. The molecule has 0 aromatic heterocycles. The predicted octanol–water partition coefficient (Wildman–Crippen LogP) is 2.83. The summed E-state index contributed by atoms with van der Waals surface area (Å²) in [6.45, 7) is 0. The fourth-order valence-electron chi connectivity index (χ4n) is 2.98. The van der Waals surface area contributed by atoms with Crippen LogP contribution in [-0.2, 0) is 24.1 Å². The first-order valence-electron chi connectivity index (χ1n) is 9.07. The highest BCUT2D eigenvalue weighted by Crippen LogP contribution is 2.22. The van der Waals surface area contributed by atoms with Crippen LogP contribution >= 0.6 is 0 Å². The van der Waals surface area contributed by atoms with Gasteiger partial charge in [0.15, 0.2) is 9.84 Å². The van der Waals surface area contributed by atoms with Gasteiger partial charge in [-0.25, -0.2) is 18.0 Å². The number of hydrogen-bond donors (Lipinski definition) is 1. The molecule has 0 atom stereocenters. The van der Waals surface area contributed by atoms with Gasteiger partial charge < -0.3 is 14.8 Å². The summed E-state index contributed by atoms with van der Waals surface area (Å²) in [5.41, 5.74) is -0.0251. The molecule has 0 unspecified atom stereocenters. The van der Waals surface area contributed by atoms with Gasteiger partial charge >= 0.3 is 11.9 Å². The van der Waals surface area contributed by atoms with Crippen LogP contribution < -0.4 is 5.32 Å². The lowest BCUT2D eigenvalue weighted by atomic mass is 10.1. The predicted molar refractivity (Wildman–Crippen MR) is 114 cm³/mol. The first kappa shape index (κ1) is 22.0. The summed E-state index contributed by atoms with van der Waals surface area (Å²) in [6.07, 6.45) is 0. The number of hydrogen-bond acceptors (Lipinski definition) is 7. The molecule has 0 saturated carbocycles. The Hall–Kier alpha value is -3.72. The van der Waals surface area contributed by atoms with Gasteiger partial charge in [-0.15, -0.1) is 0 Å². The number of esters is 2. The maximum absolute atomic E-state index is 12.7. The molecule has 31 heavy (non-hydrogen) atoms. The van der Waals surface area contributed by atoms with Crippen LogP contribution in [0.5, 0.6) is 0 Å². The van der Waals surface area contributed by atoms with Gasteiger partial charge in [0.05, 0.1) is 35.9 Å². The molecule has 1 amide bonds. The van der Waals surface area contributed by atoms with Crippen LogP contribution in [-0.4, -0.2) is 46.2 Å². The third-order valence-electron chi connectivity index (χ3n) is 4.52. The van der Waals surface area contributed by atoms with Gasteiger partial charge in [-0.1, -0.05) is 30.3 Å². The lowest BCUT2D eigenvalue weighted by molar-refractivity contribution is -0.113. The van der Waals surface area contributed by atoms with E-state index in [2.05, 4.69) is 14.8 Å². The van der Waals surface area contributed by atoms with E-state index < -0.39 is 33.4 Å². The maximum atomic E-state index is 12.7. The summed E-state index contributed by atoms with van der Waals surface area (Å²) in [5, 5.41) is 3.97. The van der Waals surface area contributed by atoms with Crippen molar-refractivity contribution in [2.24, 2.45) is 0 Å². The largest absolute Gasteiger partial charge is 0.465 e. The minimum absolute atomic E-state index is 0.00199. The molecule has 0 aliphatic carbocycles. The van der Waals surface area contributed by atoms with Crippen molar-refractivity contribution in [3.8, 4) is 0 Å². The second kappa shape index (κ2) is 8.97. The van der Waals surface area contributed by atoms with Crippen molar-refractivity contribution >= 4 is 44.1 Å². The highest BCUT2D eigenvalue weighted by molar-refractivity contribution is 7.92. The van der Waals surface area contributed by atoms with Crippen LogP contribution in [0.2, 0.25) is 0 Å². The summed E-state index contributed by atoms with van der Waals surface area (Å²) in [7, 11) is -1.62. The second-order valence-electron chi connectivity index (χ2n) is 6.56. The molecule has 8 nitrogen and oxygen atoms in total. The molecule has 3 rings (SSSR count). The normalized spacial score (nSPS) is 11.0. The summed E-state index contributed by atoms with van der Waals surface area (Å²) < 4.78 is 34.8. The number of sulfone groups is 1. The number of carbonyl (C=O) groups is 3. The zero-order valence-corrected chi connectivity index (χ0v) is 17.6. The van der Waals surface area contributed by atoms with Gasteiger partial charge in [0.2, 0.25) is 5.91 Å². The third kappa shape index (κ3) is 4.89. The number of benzene rings is 3. The molecule has 0 heterocycles. The molecular weight excluding hydrogens is 422 g/mol. The summed E-state index contributed by atoms with van der Waals surface area (Å²) >= 11 is 0. The molecule has 0 spiro atoms. The van der Waals surface area contributed by atoms with Crippen LogP contribution in [0.1, 0.15) is 20.7 Å². The Morgan fingerprint density at radius 3 is 2.19 bits per heavy atom. The highest BCUT2D eigenvalue weighted by Gasteiger charge is 2.22. The molecule has 3 aromatic carbocycles. The molecular formula is C22H19NO7S. The van der Waals surface area contributed by atoms with E-state index in [0.29, 0.717) is 0 Å².